The van der Waals surface area contributed by atoms with Gasteiger partial charge in [-0.3, -0.25) is 0 Å². The van der Waals surface area contributed by atoms with Crippen molar-refractivity contribution in [2.75, 3.05) is 12.4 Å². The minimum atomic E-state index is -0.427. The van der Waals surface area contributed by atoms with E-state index in [-0.39, 0.29) is 0 Å². The highest BCUT2D eigenvalue weighted by molar-refractivity contribution is 6.33. The number of hydrogen-bond acceptors (Lipinski definition) is 5. The number of hydrogen-bond donors (Lipinski definition) is 1. The second kappa shape index (κ2) is 5.46. The first-order valence-corrected chi connectivity index (χ1v) is 5.50. The number of rotatable bonds is 3. The molecule has 0 unspecified atom stereocenters. The minimum absolute atomic E-state index is 0.403. The van der Waals surface area contributed by atoms with E-state index in [0.29, 0.717) is 22.2 Å². The van der Waals surface area contributed by atoms with E-state index in [9.17, 15) is 4.79 Å². The molecular weight excluding hydrogens is 254 g/mol. The predicted molar refractivity (Wildman–Crippen MR) is 68.1 cm³/mol. The number of carbonyl (C=O) groups excluding carboxylic acids is 1. The summed E-state index contributed by atoms with van der Waals surface area (Å²) in [5.74, 6) is -0.0230. The molecule has 0 aliphatic heterocycles. The van der Waals surface area contributed by atoms with Crippen LogP contribution in [0.15, 0.2) is 36.7 Å². The van der Waals surface area contributed by atoms with Crippen LogP contribution in [0.1, 0.15) is 10.4 Å². The van der Waals surface area contributed by atoms with Gasteiger partial charge in [0.2, 0.25) is 5.95 Å². The maximum absolute atomic E-state index is 11.4. The van der Waals surface area contributed by atoms with E-state index in [4.69, 9.17) is 11.6 Å². The molecule has 0 aliphatic carbocycles. The van der Waals surface area contributed by atoms with Crippen LogP contribution in [0, 0.1) is 0 Å². The number of methoxy groups -OCH3 is 1. The minimum Gasteiger partial charge on any atom is -0.465 e. The van der Waals surface area contributed by atoms with Gasteiger partial charge in [-0.25, -0.2) is 14.8 Å². The van der Waals surface area contributed by atoms with Crippen LogP contribution in [-0.2, 0) is 4.74 Å². The molecular formula is C12H10ClN3O2. The van der Waals surface area contributed by atoms with Crippen LogP contribution in [0.25, 0.3) is 0 Å². The maximum atomic E-state index is 11.4. The lowest BCUT2D eigenvalue weighted by molar-refractivity contribution is 0.0601. The maximum Gasteiger partial charge on any atom is 0.337 e. The first kappa shape index (κ1) is 12.3. The normalized spacial score (nSPS) is 9.89. The van der Waals surface area contributed by atoms with Crippen LogP contribution in [0.4, 0.5) is 11.6 Å². The molecule has 0 bridgehead atoms. The van der Waals surface area contributed by atoms with Crippen LogP contribution in [0.3, 0.4) is 0 Å². The third-order valence-corrected chi connectivity index (χ3v) is 2.53. The Hall–Kier alpha value is -2.14. The van der Waals surface area contributed by atoms with Crippen molar-refractivity contribution in [1.29, 1.82) is 0 Å². The van der Waals surface area contributed by atoms with Crippen molar-refractivity contribution >= 4 is 29.2 Å². The summed E-state index contributed by atoms with van der Waals surface area (Å²) >= 11 is 6.02. The Kier molecular flexibility index (Phi) is 3.74. The fourth-order valence-electron chi connectivity index (χ4n) is 1.35. The molecule has 0 spiro atoms. The average molecular weight is 264 g/mol. The molecule has 0 aliphatic rings. The third kappa shape index (κ3) is 2.75. The summed E-state index contributed by atoms with van der Waals surface area (Å²) in [7, 11) is 1.32. The molecule has 6 heteroatoms. The second-order valence-corrected chi connectivity index (χ2v) is 3.79. The Morgan fingerprint density at radius 1 is 1.33 bits per heavy atom. The average Bonchev–Trinajstić information content (AvgIpc) is 2.41. The SMILES string of the molecule is COC(=O)c1ccc(Cl)c(Nc2ncccn2)c1. The molecule has 2 aromatic rings. The number of benzene rings is 1. The summed E-state index contributed by atoms with van der Waals surface area (Å²) in [5, 5.41) is 3.40. The number of ether oxygens (including phenoxy) is 1. The fraction of sp³-hybridized carbons (Fsp3) is 0.0833. The molecule has 1 N–H and O–H groups in total. The number of nitrogens with one attached hydrogen (secondary N) is 1. The largest absolute Gasteiger partial charge is 0.465 e. The van der Waals surface area contributed by atoms with E-state index in [1.807, 2.05) is 0 Å². The lowest BCUT2D eigenvalue weighted by atomic mass is 10.2. The van der Waals surface area contributed by atoms with Crippen LogP contribution < -0.4 is 5.32 Å². The van der Waals surface area contributed by atoms with Crippen molar-refractivity contribution in [1.82, 2.24) is 9.97 Å². The molecule has 0 radical (unpaired) electrons. The summed E-state index contributed by atoms with van der Waals surface area (Å²) in [4.78, 5) is 19.4. The van der Waals surface area contributed by atoms with E-state index in [1.54, 1.807) is 36.7 Å². The van der Waals surface area contributed by atoms with Crippen molar-refractivity contribution in [3.63, 3.8) is 0 Å². The molecule has 0 fully saturated rings. The molecule has 0 saturated carbocycles. The van der Waals surface area contributed by atoms with Gasteiger partial charge in [-0.2, -0.15) is 0 Å². The Labute approximate surface area is 109 Å². The van der Waals surface area contributed by atoms with Gasteiger partial charge in [-0.05, 0) is 24.3 Å². The molecule has 5 nitrogen and oxygen atoms in total. The second-order valence-electron chi connectivity index (χ2n) is 3.38. The topological polar surface area (TPSA) is 64.1 Å². The van der Waals surface area contributed by atoms with Crippen molar-refractivity contribution in [3.8, 4) is 0 Å². The number of nitrogens with zero attached hydrogens (tertiary/aromatic N) is 2. The van der Waals surface area contributed by atoms with Gasteiger partial charge < -0.3 is 10.1 Å². The molecule has 1 heterocycles. The highest BCUT2D eigenvalue weighted by atomic mass is 35.5. The van der Waals surface area contributed by atoms with Crippen LogP contribution >= 0.6 is 11.6 Å². The zero-order valence-electron chi connectivity index (χ0n) is 9.55. The molecule has 0 saturated heterocycles. The molecule has 0 amide bonds. The standard InChI is InChI=1S/C12H10ClN3O2/c1-18-11(17)8-3-4-9(13)10(7-8)16-12-14-5-2-6-15-12/h2-7H,1H3,(H,14,15,16). The summed E-state index contributed by atoms with van der Waals surface area (Å²) < 4.78 is 4.64. The van der Waals surface area contributed by atoms with Crippen molar-refractivity contribution in [2.24, 2.45) is 0 Å². The van der Waals surface area contributed by atoms with Gasteiger partial charge in [-0.1, -0.05) is 11.6 Å². The number of esters is 1. The number of carbonyl (C=O) groups is 1. The first-order chi connectivity index (χ1) is 8.70. The van der Waals surface area contributed by atoms with Gasteiger partial charge in [0.05, 0.1) is 23.4 Å². The number of halogens is 1. The number of aromatic nitrogens is 2. The molecule has 18 heavy (non-hydrogen) atoms. The predicted octanol–water partition coefficient (Wildman–Crippen LogP) is 2.66. The van der Waals surface area contributed by atoms with Crippen LogP contribution in [0.2, 0.25) is 5.02 Å². The molecule has 1 aromatic heterocycles. The lowest BCUT2D eigenvalue weighted by Gasteiger charge is -2.08. The highest BCUT2D eigenvalue weighted by Gasteiger charge is 2.09. The van der Waals surface area contributed by atoms with E-state index >= 15 is 0 Å². The van der Waals surface area contributed by atoms with Gasteiger partial charge >= 0.3 is 5.97 Å². The van der Waals surface area contributed by atoms with E-state index in [2.05, 4.69) is 20.0 Å². The zero-order valence-corrected chi connectivity index (χ0v) is 10.3. The van der Waals surface area contributed by atoms with Gasteiger partial charge in [0.15, 0.2) is 0 Å². The first-order valence-electron chi connectivity index (χ1n) is 5.12. The Morgan fingerprint density at radius 3 is 2.72 bits per heavy atom. The van der Waals surface area contributed by atoms with Crippen molar-refractivity contribution < 1.29 is 9.53 Å². The van der Waals surface area contributed by atoms with Crippen molar-refractivity contribution in [2.45, 2.75) is 0 Å². The molecule has 92 valence electrons. The summed E-state index contributed by atoms with van der Waals surface area (Å²) in [6, 6.07) is 6.49. The third-order valence-electron chi connectivity index (χ3n) is 2.20. The van der Waals surface area contributed by atoms with E-state index in [1.165, 1.54) is 7.11 Å². The highest BCUT2D eigenvalue weighted by Crippen LogP contribution is 2.25. The van der Waals surface area contributed by atoms with Crippen LogP contribution in [0.5, 0.6) is 0 Å². The van der Waals surface area contributed by atoms with Gasteiger partial charge in [-0.15, -0.1) is 0 Å². The monoisotopic (exact) mass is 263 g/mol. The Bertz CT molecular complexity index is 561. The van der Waals surface area contributed by atoms with Gasteiger partial charge in [0.1, 0.15) is 0 Å². The molecule has 1 aromatic carbocycles. The van der Waals surface area contributed by atoms with Crippen LogP contribution in [-0.4, -0.2) is 23.0 Å². The summed E-state index contributed by atoms with van der Waals surface area (Å²) in [6.45, 7) is 0. The summed E-state index contributed by atoms with van der Waals surface area (Å²) in [6.07, 6.45) is 3.21. The lowest BCUT2D eigenvalue weighted by Crippen LogP contribution is -2.03. The number of anilines is 2. The quantitative estimate of drug-likeness (QED) is 0.863. The smallest absolute Gasteiger partial charge is 0.337 e. The van der Waals surface area contributed by atoms with E-state index in [0.717, 1.165) is 0 Å². The summed E-state index contributed by atoms with van der Waals surface area (Å²) in [5.41, 5.74) is 0.950. The van der Waals surface area contributed by atoms with Crippen molar-refractivity contribution in [3.05, 3.63) is 47.2 Å². The Morgan fingerprint density at radius 2 is 2.06 bits per heavy atom. The van der Waals surface area contributed by atoms with Gasteiger partial charge in [0, 0.05) is 12.4 Å². The fourth-order valence-corrected chi connectivity index (χ4v) is 1.51. The Balaban J connectivity index is 2.30. The molecule has 0 atom stereocenters. The van der Waals surface area contributed by atoms with Gasteiger partial charge in [0.25, 0.3) is 0 Å². The molecule has 2 rings (SSSR count). The van der Waals surface area contributed by atoms with E-state index < -0.39 is 5.97 Å². The zero-order chi connectivity index (χ0) is 13.0.